The summed E-state index contributed by atoms with van der Waals surface area (Å²) in [5.74, 6) is 0. The van der Waals surface area contributed by atoms with E-state index in [-0.39, 0.29) is 12.1 Å². The zero-order valence-electron chi connectivity index (χ0n) is 9.89. The smallest absolute Gasteiger partial charge is 0.315 e. The molecular formula is C15H14N2O. The van der Waals surface area contributed by atoms with Gasteiger partial charge in [-0.1, -0.05) is 54.6 Å². The van der Waals surface area contributed by atoms with E-state index < -0.39 is 0 Å². The second kappa shape index (κ2) is 4.53. The molecule has 1 aliphatic rings. The van der Waals surface area contributed by atoms with Crippen molar-refractivity contribution >= 4 is 6.03 Å². The summed E-state index contributed by atoms with van der Waals surface area (Å²) in [7, 11) is 0. The Morgan fingerprint density at radius 1 is 0.889 bits per heavy atom. The highest BCUT2D eigenvalue weighted by molar-refractivity contribution is 5.77. The Morgan fingerprint density at radius 3 is 2.17 bits per heavy atom. The Balaban J connectivity index is 1.83. The lowest BCUT2D eigenvalue weighted by molar-refractivity contribution is 0.247. The summed E-state index contributed by atoms with van der Waals surface area (Å²) in [4.78, 5) is 11.1. The van der Waals surface area contributed by atoms with E-state index in [1.54, 1.807) is 0 Å². The van der Waals surface area contributed by atoms with Crippen LogP contribution in [0.15, 0.2) is 54.6 Å². The largest absolute Gasteiger partial charge is 0.336 e. The van der Waals surface area contributed by atoms with E-state index in [2.05, 4.69) is 47.0 Å². The van der Waals surface area contributed by atoms with Crippen LogP contribution in [0.5, 0.6) is 0 Å². The molecule has 3 rings (SSSR count). The molecule has 0 aliphatic carbocycles. The maximum atomic E-state index is 11.1. The Bertz CT molecular complexity index is 548. The average Bonchev–Trinajstić information content (AvgIpc) is 2.87. The second-order valence-electron chi connectivity index (χ2n) is 4.39. The number of benzene rings is 2. The lowest BCUT2D eigenvalue weighted by Crippen LogP contribution is -2.21. The molecule has 0 aromatic heterocycles. The molecule has 1 fully saturated rings. The van der Waals surface area contributed by atoms with Crippen molar-refractivity contribution in [3.63, 3.8) is 0 Å². The standard InChI is InChI=1S/C15H14N2O/c18-15-16-10-14(17-15)13-8-6-12(7-9-13)11-4-2-1-3-5-11/h1-9,14H,10H2,(H2,16,17,18)/t14-/m1/s1. The molecule has 3 heteroatoms. The molecule has 2 N–H and O–H groups in total. The van der Waals surface area contributed by atoms with E-state index >= 15 is 0 Å². The van der Waals surface area contributed by atoms with Crippen LogP contribution in [0.2, 0.25) is 0 Å². The second-order valence-corrected chi connectivity index (χ2v) is 4.39. The maximum Gasteiger partial charge on any atom is 0.315 e. The first-order valence-electron chi connectivity index (χ1n) is 6.03. The monoisotopic (exact) mass is 238 g/mol. The summed E-state index contributed by atoms with van der Waals surface area (Å²) in [5, 5.41) is 5.64. The van der Waals surface area contributed by atoms with Gasteiger partial charge in [0.15, 0.2) is 0 Å². The van der Waals surface area contributed by atoms with Crippen LogP contribution >= 0.6 is 0 Å². The molecule has 0 spiro atoms. The molecule has 2 aromatic rings. The van der Waals surface area contributed by atoms with E-state index in [0.717, 1.165) is 5.56 Å². The number of urea groups is 1. The number of hydrogen-bond donors (Lipinski definition) is 2. The fraction of sp³-hybridized carbons (Fsp3) is 0.133. The number of carbonyl (C=O) groups excluding carboxylic acids is 1. The molecule has 0 unspecified atom stereocenters. The molecule has 1 saturated heterocycles. The van der Waals surface area contributed by atoms with Crippen molar-refractivity contribution in [1.82, 2.24) is 10.6 Å². The molecule has 1 aliphatic heterocycles. The van der Waals surface area contributed by atoms with Crippen LogP contribution in [0.25, 0.3) is 11.1 Å². The van der Waals surface area contributed by atoms with Gasteiger partial charge in [0, 0.05) is 6.54 Å². The van der Waals surface area contributed by atoms with Gasteiger partial charge in [0.05, 0.1) is 6.04 Å². The summed E-state index contributed by atoms with van der Waals surface area (Å²) in [6, 6.07) is 18.6. The minimum Gasteiger partial charge on any atom is -0.336 e. The lowest BCUT2D eigenvalue weighted by atomic mass is 10.0. The van der Waals surface area contributed by atoms with Crippen molar-refractivity contribution in [3.05, 3.63) is 60.2 Å². The quantitative estimate of drug-likeness (QED) is 0.829. The van der Waals surface area contributed by atoms with E-state index in [9.17, 15) is 4.79 Å². The van der Waals surface area contributed by atoms with Gasteiger partial charge in [0.25, 0.3) is 0 Å². The number of rotatable bonds is 2. The van der Waals surface area contributed by atoms with Crippen molar-refractivity contribution in [2.45, 2.75) is 6.04 Å². The third-order valence-corrected chi connectivity index (χ3v) is 3.19. The van der Waals surface area contributed by atoms with Crippen LogP contribution in [0.1, 0.15) is 11.6 Å². The molecule has 1 heterocycles. The molecule has 0 radical (unpaired) electrons. The van der Waals surface area contributed by atoms with Gasteiger partial charge in [-0.15, -0.1) is 0 Å². The first kappa shape index (κ1) is 10.8. The first-order chi connectivity index (χ1) is 8.83. The summed E-state index contributed by atoms with van der Waals surface area (Å²) < 4.78 is 0. The Hall–Kier alpha value is -2.29. The van der Waals surface area contributed by atoms with Crippen LogP contribution in [0, 0.1) is 0 Å². The van der Waals surface area contributed by atoms with Gasteiger partial charge in [-0.2, -0.15) is 0 Å². The van der Waals surface area contributed by atoms with Crippen LogP contribution in [0.4, 0.5) is 4.79 Å². The molecule has 2 amide bonds. The lowest BCUT2D eigenvalue weighted by Gasteiger charge is -2.09. The number of nitrogens with one attached hydrogen (secondary N) is 2. The minimum atomic E-state index is -0.0906. The van der Waals surface area contributed by atoms with Crippen molar-refractivity contribution in [2.24, 2.45) is 0 Å². The van der Waals surface area contributed by atoms with Gasteiger partial charge >= 0.3 is 6.03 Å². The van der Waals surface area contributed by atoms with Crippen LogP contribution in [0.3, 0.4) is 0 Å². The van der Waals surface area contributed by atoms with Gasteiger partial charge < -0.3 is 10.6 Å². The predicted molar refractivity (Wildman–Crippen MR) is 71.2 cm³/mol. The van der Waals surface area contributed by atoms with Crippen LogP contribution in [-0.2, 0) is 0 Å². The highest BCUT2D eigenvalue weighted by Gasteiger charge is 2.20. The molecule has 2 aromatic carbocycles. The summed E-state index contributed by atoms with van der Waals surface area (Å²) in [6.45, 7) is 0.656. The Labute approximate surface area is 106 Å². The van der Waals surface area contributed by atoms with E-state index in [0.29, 0.717) is 6.54 Å². The average molecular weight is 238 g/mol. The number of carbonyl (C=O) groups is 1. The summed E-state index contributed by atoms with van der Waals surface area (Å²) >= 11 is 0. The third kappa shape index (κ3) is 2.07. The van der Waals surface area contributed by atoms with Gasteiger partial charge in [0.1, 0.15) is 0 Å². The van der Waals surface area contributed by atoms with E-state index in [1.807, 2.05) is 18.2 Å². The van der Waals surface area contributed by atoms with E-state index in [4.69, 9.17) is 0 Å². The molecule has 0 bridgehead atoms. The fourth-order valence-electron chi connectivity index (χ4n) is 2.19. The maximum absolute atomic E-state index is 11.1. The Kier molecular flexibility index (Phi) is 2.73. The van der Waals surface area contributed by atoms with Gasteiger partial charge in [0.2, 0.25) is 0 Å². The molecule has 0 saturated carbocycles. The number of hydrogen-bond acceptors (Lipinski definition) is 1. The Morgan fingerprint density at radius 2 is 1.56 bits per heavy atom. The van der Waals surface area contributed by atoms with Gasteiger partial charge in [-0.3, -0.25) is 0 Å². The molecule has 1 atom stereocenters. The van der Waals surface area contributed by atoms with Crippen LogP contribution < -0.4 is 10.6 Å². The van der Waals surface area contributed by atoms with Gasteiger partial charge in [-0.25, -0.2) is 4.79 Å². The normalized spacial score (nSPS) is 18.2. The zero-order chi connectivity index (χ0) is 12.4. The zero-order valence-corrected chi connectivity index (χ0v) is 9.89. The highest BCUT2D eigenvalue weighted by atomic mass is 16.2. The molecule has 3 nitrogen and oxygen atoms in total. The van der Waals surface area contributed by atoms with Gasteiger partial charge in [-0.05, 0) is 16.7 Å². The predicted octanol–water partition coefficient (Wildman–Crippen LogP) is 2.71. The first-order valence-corrected chi connectivity index (χ1v) is 6.03. The topological polar surface area (TPSA) is 41.1 Å². The molecule has 18 heavy (non-hydrogen) atoms. The fourth-order valence-corrected chi connectivity index (χ4v) is 2.19. The van der Waals surface area contributed by atoms with Crippen molar-refractivity contribution < 1.29 is 4.79 Å². The third-order valence-electron chi connectivity index (χ3n) is 3.19. The van der Waals surface area contributed by atoms with Crippen LogP contribution in [-0.4, -0.2) is 12.6 Å². The van der Waals surface area contributed by atoms with E-state index in [1.165, 1.54) is 11.1 Å². The van der Waals surface area contributed by atoms with Crippen molar-refractivity contribution in [1.29, 1.82) is 0 Å². The minimum absolute atomic E-state index is 0.0855. The molecular weight excluding hydrogens is 224 g/mol. The summed E-state index contributed by atoms with van der Waals surface area (Å²) in [6.07, 6.45) is 0. The SMILES string of the molecule is O=C1NC[C@H](c2ccc(-c3ccccc3)cc2)N1. The van der Waals surface area contributed by atoms with Crippen molar-refractivity contribution in [2.75, 3.05) is 6.54 Å². The number of amides is 2. The van der Waals surface area contributed by atoms with Crippen molar-refractivity contribution in [3.8, 4) is 11.1 Å². The highest BCUT2D eigenvalue weighted by Crippen LogP contribution is 2.22. The summed E-state index contributed by atoms with van der Waals surface area (Å²) in [5.41, 5.74) is 3.53. The molecule has 90 valence electrons.